The number of ether oxygens (including phenoxy) is 1. The molecule has 0 fully saturated rings. The van der Waals surface area contributed by atoms with E-state index in [0.717, 1.165) is 6.07 Å². The maximum absolute atomic E-state index is 13.4. The predicted octanol–water partition coefficient (Wildman–Crippen LogP) is 6.03. The average Bonchev–Trinajstić information content (AvgIpc) is 3.16. The molecule has 0 aliphatic carbocycles. The number of hydrogen-bond donors (Lipinski definition) is 2. The first-order chi connectivity index (χ1) is 16.7. The molecule has 1 aromatic heterocycles. The van der Waals surface area contributed by atoms with E-state index in [1.807, 2.05) is 0 Å². The summed E-state index contributed by atoms with van der Waals surface area (Å²) in [5, 5.41) is 5.40. The number of hydrogen-bond acceptors (Lipinski definition) is 5. The van der Waals surface area contributed by atoms with Crippen molar-refractivity contribution in [3.63, 3.8) is 0 Å². The van der Waals surface area contributed by atoms with E-state index in [9.17, 15) is 31.5 Å². The van der Waals surface area contributed by atoms with Crippen LogP contribution in [0.4, 0.5) is 27.6 Å². The molecule has 0 aliphatic rings. The van der Waals surface area contributed by atoms with Gasteiger partial charge in [-0.1, -0.05) is 15.8 Å². The standard InChI is InChI=1S/C23H21F5N3O3PS/c1-11(23(27,28)35)8-9-29-20(32)14-5-4-13(22(24,25)26)10-16(14)31-21(33)18-17(34-3)7-6-15-19(18)36-12(2)30-15/h4-7,10H,1,8-9,35H2,2-3H3,(H,29,32)(H,31,33). The van der Waals surface area contributed by atoms with Gasteiger partial charge in [-0.05, 0) is 49.2 Å². The molecule has 0 aliphatic heterocycles. The molecular formula is C23H21F5N3O3PS. The molecule has 3 aromatic rings. The van der Waals surface area contributed by atoms with Crippen LogP contribution < -0.4 is 15.4 Å². The van der Waals surface area contributed by atoms with Crippen LogP contribution in [0.1, 0.15) is 37.7 Å². The molecular weight excluding hydrogens is 524 g/mol. The van der Waals surface area contributed by atoms with Crippen molar-refractivity contribution in [3.8, 4) is 5.75 Å². The number of amides is 2. The van der Waals surface area contributed by atoms with Gasteiger partial charge in [-0.2, -0.15) is 22.0 Å². The highest BCUT2D eigenvalue weighted by Gasteiger charge is 2.32. The van der Waals surface area contributed by atoms with E-state index in [1.54, 1.807) is 13.0 Å². The lowest BCUT2D eigenvalue weighted by Gasteiger charge is -2.17. The van der Waals surface area contributed by atoms with Crippen LogP contribution in [0.3, 0.4) is 0 Å². The number of halogens is 5. The van der Waals surface area contributed by atoms with E-state index >= 15 is 0 Å². The molecule has 2 N–H and O–H groups in total. The molecule has 0 saturated heterocycles. The average molecular weight is 545 g/mol. The van der Waals surface area contributed by atoms with Gasteiger partial charge in [0.25, 0.3) is 17.5 Å². The van der Waals surface area contributed by atoms with Gasteiger partial charge in [-0.25, -0.2) is 4.98 Å². The number of fused-ring (bicyclic) bond motifs is 1. The van der Waals surface area contributed by atoms with E-state index in [2.05, 4.69) is 22.2 Å². The van der Waals surface area contributed by atoms with Crippen molar-refractivity contribution in [2.75, 3.05) is 19.0 Å². The number of methoxy groups -OCH3 is 1. The van der Waals surface area contributed by atoms with E-state index in [1.165, 1.54) is 33.8 Å². The van der Waals surface area contributed by atoms with Gasteiger partial charge < -0.3 is 15.4 Å². The van der Waals surface area contributed by atoms with Crippen molar-refractivity contribution in [1.29, 1.82) is 0 Å². The number of rotatable bonds is 8. The second-order valence-electron chi connectivity index (χ2n) is 7.67. The molecule has 0 radical (unpaired) electrons. The predicted molar refractivity (Wildman–Crippen MR) is 131 cm³/mol. The third kappa shape index (κ3) is 6.17. The number of aromatic nitrogens is 1. The number of anilines is 1. The fourth-order valence-corrected chi connectivity index (χ4v) is 4.36. The second kappa shape index (κ2) is 10.5. The SMILES string of the molecule is C=C(CCNC(=O)c1ccc(C(F)(F)F)cc1NC(=O)c1c(OC)ccc2nc(C)sc12)C(F)(F)P. The molecule has 36 heavy (non-hydrogen) atoms. The topological polar surface area (TPSA) is 80.3 Å². The number of alkyl halides is 5. The van der Waals surface area contributed by atoms with E-state index in [-0.39, 0.29) is 29.8 Å². The number of nitrogens with one attached hydrogen (secondary N) is 2. The minimum atomic E-state index is -4.75. The highest BCUT2D eigenvalue weighted by molar-refractivity contribution is 7.19. The Kier molecular flexibility index (Phi) is 8.00. The van der Waals surface area contributed by atoms with Crippen molar-refractivity contribution in [1.82, 2.24) is 10.3 Å². The maximum atomic E-state index is 13.4. The van der Waals surface area contributed by atoms with Crippen molar-refractivity contribution in [3.05, 3.63) is 64.2 Å². The monoisotopic (exact) mass is 545 g/mol. The van der Waals surface area contributed by atoms with Crippen molar-refractivity contribution in [2.24, 2.45) is 0 Å². The molecule has 0 bridgehead atoms. The first kappa shape index (κ1) is 27.5. The van der Waals surface area contributed by atoms with E-state index in [4.69, 9.17) is 4.74 Å². The third-order valence-electron chi connectivity index (χ3n) is 5.10. The fourth-order valence-electron chi connectivity index (χ4n) is 3.27. The summed E-state index contributed by atoms with van der Waals surface area (Å²) in [6.45, 7) is 4.73. The lowest BCUT2D eigenvalue weighted by Crippen LogP contribution is -2.28. The van der Waals surface area contributed by atoms with Crippen molar-refractivity contribution < 1.29 is 36.3 Å². The maximum Gasteiger partial charge on any atom is 0.416 e. The first-order valence-electron chi connectivity index (χ1n) is 10.3. The van der Waals surface area contributed by atoms with Gasteiger partial charge in [0.05, 0.1) is 39.1 Å². The molecule has 2 amide bonds. The van der Waals surface area contributed by atoms with E-state index in [0.29, 0.717) is 27.4 Å². The van der Waals surface area contributed by atoms with Gasteiger partial charge in [0.15, 0.2) is 0 Å². The highest BCUT2D eigenvalue weighted by atomic mass is 32.1. The van der Waals surface area contributed by atoms with Gasteiger partial charge in [0.1, 0.15) is 11.3 Å². The summed E-state index contributed by atoms with van der Waals surface area (Å²) in [6, 6.07) is 5.37. The Morgan fingerprint density at radius 3 is 2.44 bits per heavy atom. The van der Waals surface area contributed by atoms with Gasteiger partial charge in [0.2, 0.25) is 0 Å². The van der Waals surface area contributed by atoms with Crippen LogP contribution in [-0.4, -0.2) is 36.1 Å². The van der Waals surface area contributed by atoms with Gasteiger partial charge in [-0.3, -0.25) is 9.59 Å². The highest BCUT2D eigenvalue weighted by Crippen LogP contribution is 2.35. The van der Waals surface area contributed by atoms with Gasteiger partial charge >= 0.3 is 6.18 Å². The van der Waals surface area contributed by atoms with Gasteiger partial charge in [0, 0.05) is 6.54 Å². The fraction of sp³-hybridized carbons (Fsp3) is 0.261. The van der Waals surface area contributed by atoms with Crippen molar-refractivity contribution >= 4 is 48.3 Å². The van der Waals surface area contributed by atoms with Crippen LogP contribution in [0.5, 0.6) is 5.75 Å². The summed E-state index contributed by atoms with van der Waals surface area (Å²) in [5.74, 6) is -1.51. The van der Waals surface area contributed by atoms with Crippen LogP contribution in [0, 0.1) is 6.92 Å². The number of benzene rings is 2. The number of aryl methyl sites for hydroxylation is 1. The van der Waals surface area contributed by atoms with Gasteiger partial charge in [-0.15, -0.1) is 11.3 Å². The summed E-state index contributed by atoms with van der Waals surface area (Å²) in [4.78, 5) is 30.3. The van der Waals surface area contributed by atoms with Crippen LogP contribution in [0.2, 0.25) is 0 Å². The smallest absolute Gasteiger partial charge is 0.416 e. The summed E-state index contributed by atoms with van der Waals surface area (Å²) >= 11 is 1.20. The number of carbonyl (C=O) groups excluding carboxylic acids is 2. The lowest BCUT2D eigenvalue weighted by molar-refractivity contribution is -0.137. The molecule has 0 spiro atoms. The van der Waals surface area contributed by atoms with Crippen LogP contribution >= 0.6 is 20.6 Å². The van der Waals surface area contributed by atoms with Crippen LogP contribution in [0.25, 0.3) is 10.2 Å². The lowest BCUT2D eigenvalue weighted by atomic mass is 10.1. The molecule has 0 saturated carbocycles. The zero-order valence-corrected chi connectivity index (χ0v) is 21.0. The Balaban J connectivity index is 1.95. The number of nitrogens with zero attached hydrogens (tertiary/aromatic N) is 1. The summed E-state index contributed by atoms with van der Waals surface area (Å²) in [5.41, 5.74) is -4.93. The molecule has 3 rings (SSSR count). The Labute approximate surface area is 209 Å². The third-order valence-corrected chi connectivity index (χ3v) is 6.51. The molecule has 192 valence electrons. The largest absolute Gasteiger partial charge is 0.496 e. The summed E-state index contributed by atoms with van der Waals surface area (Å²) in [6.07, 6.45) is -5.02. The Morgan fingerprint density at radius 2 is 1.83 bits per heavy atom. The number of thiazole rings is 1. The second-order valence-corrected chi connectivity index (χ2v) is 9.60. The minimum Gasteiger partial charge on any atom is -0.496 e. The van der Waals surface area contributed by atoms with Crippen LogP contribution in [-0.2, 0) is 6.18 Å². The van der Waals surface area contributed by atoms with Crippen LogP contribution in [0.15, 0.2) is 42.5 Å². The first-order valence-corrected chi connectivity index (χ1v) is 11.7. The minimum absolute atomic E-state index is 0.0448. The zero-order valence-electron chi connectivity index (χ0n) is 19.1. The Hall–Kier alpha value is -3.11. The molecule has 1 unspecified atom stereocenters. The molecule has 1 heterocycles. The molecule has 13 heteroatoms. The van der Waals surface area contributed by atoms with E-state index < -0.39 is 40.5 Å². The summed E-state index contributed by atoms with van der Waals surface area (Å²) in [7, 11) is 2.67. The summed E-state index contributed by atoms with van der Waals surface area (Å²) < 4.78 is 72.3. The Morgan fingerprint density at radius 1 is 1.14 bits per heavy atom. The zero-order chi connectivity index (χ0) is 26.8. The molecule has 1 atom stereocenters. The molecule has 6 nitrogen and oxygen atoms in total. The normalized spacial score (nSPS) is 11.9. The number of carbonyl (C=O) groups is 2. The quantitative estimate of drug-likeness (QED) is 0.206. The molecule has 2 aromatic carbocycles. The Bertz CT molecular complexity index is 1340. The van der Waals surface area contributed by atoms with Crippen molar-refractivity contribution in [2.45, 2.75) is 25.2 Å².